The second-order valence-electron chi connectivity index (χ2n) is 17.0. The van der Waals surface area contributed by atoms with Gasteiger partial charge in [-0.15, -0.1) is 11.8 Å². The number of aromatic nitrogens is 1. The molecule has 1 aliphatic rings. The minimum Gasteiger partial charge on any atom is -0.504 e. The Hall–Kier alpha value is -8.11. The average molecular weight is 964 g/mol. The second-order valence-corrected chi connectivity index (χ2v) is 18.5. The number of nitrogens with one attached hydrogen (secondary N) is 3. The van der Waals surface area contributed by atoms with Crippen LogP contribution in [0.4, 0.5) is 9.59 Å². The van der Waals surface area contributed by atoms with Crippen LogP contribution in [0.1, 0.15) is 65.2 Å². The molecule has 16 heteroatoms. The molecule has 1 aliphatic heterocycles. The highest BCUT2D eigenvalue weighted by Crippen LogP contribution is 2.42. The molecule has 0 saturated carbocycles. The monoisotopic (exact) mass is 963 g/mol. The summed E-state index contributed by atoms with van der Waals surface area (Å²) in [7, 11) is 0. The van der Waals surface area contributed by atoms with E-state index in [2.05, 4.69) is 20.9 Å². The van der Waals surface area contributed by atoms with Gasteiger partial charge in [0.2, 0.25) is 5.91 Å². The van der Waals surface area contributed by atoms with Gasteiger partial charge in [-0.25, -0.2) is 14.4 Å². The van der Waals surface area contributed by atoms with Crippen molar-refractivity contribution in [1.29, 1.82) is 0 Å². The van der Waals surface area contributed by atoms with Crippen LogP contribution in [0.2, 0.25) is 0 Å². The Morgan fingerprint density at radius 1 is 0.771 bits per heavy atom. The summed E-state index contributed by atoms with van der Waals surface area (Å²) < 4.78 is 16.4. The number of phenols is 2. The minimum absolute atomic E-state index is 0.0246. The Balaban J connectivity index is 0.973. The normalized spacial score (nSPS) is 15.5. The van der Waals surface area contributed by atoms with E-state index in [1.165, 1.54) is 65.3 Å². The van der Waals surface area contributed by atoms with E-state index in [-0.39, 0.29) is 54.9 Å². The number of benzene rings is 5. The Labute approximate surface area is 409 Å². The molecule has 0 radical (unpaired) electrons. The second kappa shape index (κ2) is 22.8. The summed E-state index contributed by atoms with van der Waals surface area (Å²) >= 11 is 1.24. The molecule has 360 valence electrons. The van der Waals surface area contributed by atoms with Crippen LogP contribution in [0, 0.1) is 0 Å². The molecule has 0 unspecified atom stereocenters. The van der Waals surface area contributed by atoms with Gasteiger partial charge in [0, 0.05) is 37.5 Å². The van der Waals surface area contributed by atoms with Gasteiger partial charge in [-0.2, -0.15) is 0 Å². The van der Waals surface area contributed by atoms with Gasteiger partial charge in [-0.3, -0.25) is 14.6 Å². The smallest absolute Gasteiger partial charge is 0.408 e. The van der Waals surface area contributed by atoms with E-state index in [1.807, 2.05) is 115 Å². The fourth-order valence-corrected chi connectivity index (χ4v) is 8.90. The molecule has 1 fully saturated rings. The van der Waals surface area contributed by atoms with E-state index in [1.54, 1.807) is 20.8 Å². The number of pyridine rings is 1. The number of alkyl carbamates (subject to hydrolysis) is 2. The van der Waals surface area contributed by atoms with E-state index in [4.69, 9.17) is 14.2 Å². The van der Waals surface area contributed by atoms with Crippen LogP contribution in [0.5, 0.6) is 11.5 Å². The van der Waals surface area contributed by atoms with Crippen LogP contribution in [-0.4, -0.2) is 86.4 Å². The lowest BCUT2D eigenvalue weighted by Gasteiger charge is -2.33. The first-order valence-corrected chi connectivity index (χ1v) is 23.4. The van der Waals surface area contributed by atoms with Crippen LogP contribution < -0.4 is 16.0 Å². The number of thioether (sulfide) groups is 1. The first kappa shape index (κ1) is 49.8. The quantitative estimate of drug-likeness (QED) is 0.0192. The van der Waals surface area contributed by atoms with Crippen LogP contribution in [0.3, 0.4) is 0 Å². The lowest BCUT2D eigenvalue weighted by molar-refractivity contribution is -0.157. The molecule has 0 bridgehead atoms. The molecule has 0 aliphatic carbocycles. The van der Waals surface area contributed by atoms with Crippen LogP contribution in [0.25, 0.3) is 17.2 Å². The number of rotatable bonds is 17. The predicted octanol–water partition coefficient (Wildman–Crippen LogP) is 8.48. The Morgan fingerprint density at radius 2 is 1.40 bits per heavy atom. The van der Waals surface area contributed by atoms with Crippen molar-refractivity contribution in [2.45, 2.75) is 49.8 Å². The van der Waals surface area contributed by atoms with E-state index < -0.39 is 52.5 Å². The molecule has 5 aromatic carbocycles. The van der Waals surface area contributed by atoms with E-state index in [0.717, 1.165) is 16.7 Å². The van der Waals surface area contributed by atoms with Gasteiger partial charge in [-0.05, 0) is 84.5 Å². The number of ether oxygens (including phenoxy) is 3. The highest BCUT2D eigenvalue weighted by molar-refractivity contribution is 8.01. The Kier molecular flexibility index (Phi) is 16.2. The predicted molar refractivity (Wildman–Crippen MR) is 265 cm³/mol. The average Bonchev–Trinajstić information content (AvgIpc) is 3.73. The van der Waals surface area contributed by atoms with Gasteiger partial charge < -0.3 is 45.3 Å². The van der Waals surface area contributed by atoms with Crippen molar-refractivity contribution in [3.8, 4) is 22.6 Å². The minimum atomic E-state index is -1.24. The summed E-state index contributed by atoms with van der Waals surface area (Å²) in [5, 5.41) is 27.5. The lowest BCUT2D eigenvalue weighted by atomic mass is 9.95. The molecule has 1 aromatic heterocycles. The van der Waals surface area contributed by atoms with Gasteiger partial charge in [0.15, 0.2) is 17.6 Å². The number of phenolic OH excluding ortho intramolecular Hbond substituents is 2. The SMILES string of the molecule is CC(C)(OC(=O)NCCNC(=O)c1ccnc(/C=C/C(=O)N2CS[C@@](C)(COC(=O)NCc3ccc(O)c(O)c3)[C@@H]2C(=O)OC(c2ccccc2)c2ccccc2)c1)c1ccc(-c2ccccc2)cc1. The third-order valence-corrected chi connectivity index (χ3v) is 12.9. The van der Waals surface area contributed by atoms with E-state index in [0.29, 0.717) is 16.7 Å². The van der Waals surface area contributed by atoms with Crippen molar-refractivity contribution in [2.75, 3.05) is 25.6 Å². The number of aromatic hydroxyl groups is 2. The first-order chi connectivity index (χ1) is 33.7. The van der Waals surface area contributed by atoms with Gasteiger partial charge >= 0.3 is 18.2 Å². The van der Waals surface area contributed by atoms with Gasteiger partial charge in [-0.1, -0.05) is 121 Å². The largest absolute Gasteiger partial charge is 0.504 e. The molecular formula is C54H53N5O10S. The number of hydrogen-bond donors (Lipinski definition) is 5. The maximum Gasteiger partial charge on any atom is 0.408 e. The Bertz CT molecular complexity index is 2770. The summed E-state index contributed by atoms with van der Waals surface area (Å²) in [6.07, 6.45) is 1.82. The maximum atomic E-state index is 14.5. The van der Waals surface area contributed by atoms with Crippen molar-refractivity contribution in [3.05, 3.63) is 191 Å². The first-order valence-electron chi connectivity index (χ1n) is 22.4. The molecule has 15 nitrogen and oxygen atoms in total. The van der Waals surface area contributed by atoms with Crippen LogP contribution in [0.15, 0.2) is 158 Å². The topological polar surface area (TPSA) is 206 Å². The highest BCUT2D eigenvalue weighted by atomic mass is 32.2. The molecule has 70 heavy (non-hydrogen) atoms. The zero-order chi connectivity index (χ0) is 49.7. The standard InChI is InChI=1S/C54H53N5O10S/c1-53(2,42-22-20-38(21-23-42)37-13-7-4-8-14-37)69-52(66)57-30-29-56-49(63)41-27-28-55-43(32-41)24-26-46(62)59-35-70-54(3,34-67-51(65)58-33-36-19-25-44(60)45(61)31-36)48(59)50(64)68-47(39-15-9-5-10-16-39)40-17-11-6-12-18-40/h4-28,31-32,47-48,60-61H,29-30,33-35H2,1-3H3,(H,56,63)(H,57,66)(H,58,65)/b26-24+/t48-,54-/m0/s1. The lowest BCUT2D eigenvalue weighted by Crippen LogP contribution is -2.53. The fraction of sp³-hybridized carbons (Fsp3) is 0.222. The third-order valence-electron chi connectivity index (χ3n) is 11.5. The molecule has 5 N–H and O–H groups in total. The number of amides is 4. The summed E-state index contributed by atoms with van der Waals surface area (Å²) in [6.45, 7) is 5.17. The summed E-state index contributed by atoms with van der Waals surface area (Å²) in [6, 6.07) is 42.0. The van der Waals surface area contributed by atoms with Crippen molar-refractivity contribution in [1.82, 2.24) is 25.8 Å². The zero-order valence-corrected chi connectivity index (χ0v) is 39.6. The molecule has 6 aromatic rings. The maximum absolute atomic E-state index is 14.5. The van der Waals surface area contributed by atoms with E-state index >= 15 is 0 Å². The molecule has 1 saturated heterocycles. The molecule has 2 atom stereocenters. The number of hydrogen-bond acceptors (Lipinski definition) is 12. The third kappa shape index (κ3) is 12.9. The number of esters is 1. The van der Waals surface area contributed by atoms with Gasteiger partial charge in [0.25, 0.3) is 5.91 Å². The highest BCUT2D eigenvalue weighted by Gasteiger charge is 2.53. The molecule has 0 spiro atoms. The molecule has 4 amide bonds. The number of carbonyl (C=O) groups excluding carboxylic acids is 5. The summed E-state index contributed by atoms with van der Waals surface area (Å²) in [5.41, 5.74) is 4.46. The van der Waals surface area contributed by atoms with Gasteiger partial charge in [0.1, 0.15) is 18.2 Å². The van der Waals surface area contributed by atoms with Gasteiger partial charge in [0.05, 0.1) is 16.3 Å². The van der Waals surface area contributed by atoms with Crippen molar-refractivity contribution < 1.29 is 48.4 Å². The van der Waals surface area contributed by atoms with E-state index in [9.17, 15) is 34.2 Å². The zero-order valence-electron chi connectivity index (χ0n) is 38.7. The van der Waals surface area contributed by atoms with Crippen molar-refractivity contribution in [2.24, 2.45) is 0 Å². The summed E-state index contributed by atoms with van der Waals surface area (Å²) in [4.78, 5) is 73.1. The molecular weight excluding hydrogens is 911 g/mol. The molecule has 7 rings (SSSR count). The van der Waals surface area contributed by atoms with Crippen molar-refractivity contribution in [3.63, 3.8) is 0 Å². The van der Waals surface area contributed by atoms with Crippen LogP contribution >= 0.6 is 11.8 Å². The number of carbonyl (C=O) groups is 5. The molecule has 2 heterocycles. The fourth-order valence-electron chi connectivity index (χ4n) is 7.66. The van der Waals surface area contributed by atoms with Crippen LogP contribution in [-0.2, 0) is 35.9 Å². The number of nitrogens with zero attached hydrogens (tertiary/aromatic N) is 2. The van der Waals surface area contributed by atoms with Crippen molar-refractivity contribution >= 4 is 47.8 Å². The summed E-state index contributed by atoms with van der Waals surface area (Å²) in [5.74, 6) is -2.34. The Morgan fingerprint density at radius 3 is 2.06 bits per heavy atom.